The standard InChI is InChI=1S/C15H12FNO/c16-14-8-4-7-13(9-14)15(10-17)18-11-12-5-2-1-3-6-12/h1-9,15H,11H2. The topological polar surface area (TPSA) is 33.0 Å². The molecule has 0 aliphatic heterocycles. The fourth-order valence-electron chi connectivity index (χ4n) is 1.63. The van der Waals surface area contributed by atoms with Gasteiger partial charge in [0.25, 0.3) is 0 Å². The lowest BCUT2D eigenvalue weighted by Crippen LogP contribution is -2.02. The Morgan fingerprint density at radius 2 is 1.89 bits per heavy atom. The summed E-state index contributed by atoms with van der Waals surface area (Å²) in [6.45, 7) is 0.329. The lowest BCUT2D eigenvalue weighted by molar-refractivity contribution is 0.0765. The van der Waals surface area contributed by atoms with Crippen molar-refractivity contribution in [3.05, 3.63) is 71.5 Å². The van der Waals surface area contributed by atoms with E-state index in [1.807, 2.05) is 36.4 Å². The molecule has 1 unspecified atom stereocenters. The Morgan fingerprint density at radius 3 is 2.56 bits per heavy atom. The number of hydrogen-bond acceptors (Lipinski definition) is 2. The molecule has 0 spiro atoms. The van der Waals surface area contributed by atoms with Crippen molar-refractivity contribution in [2.24, 2.45) is 0 Å². The van der Waals surface area contributed by atoms with Gasteiger partial charge in [0.05, 0.1) is 12.7 Å². The first-order chi connectivity index (χ1) is 8.79. The fraction of sp³-hybridized carbons (Fsp3) is 0.133. The van der Waals surface area contributed by atoms with E-state index in [2.05, 4.69) is 0 Å². The molecule has 90 valence electrons. The van der Waals surface area contributed by atoms with E-state index in [9.17, 15) is 4.39 Å². The third-order valence-corrected chi connectivity index (χ3v) is 2.53. The quantitative estimate of drug-likeness (QED) is 0.819. The normalized spacial score (nSPS) is 11.8. The number of halogens is 1. The molecular formula is C15H12FNO. The molecule has 18 heavy (non-hydrogen) atoms. The van der Waals surface area contributed by atoms with Crippen molar-refractivity contribution in [1.82, 2.24) is 0 Å². The second-order valence-electron chi connectivity index (χ2n) is 3.86. The van der Waals surface area contributed by atoms with Gasteiger partial charge < -0.3 is 4.74 Å². The summed E-state index contributed by atoms with van der Waals surface area (Å²) in [5.41, 5.74) is 1.52. The van der Waals surface area contributed by atoms with Crippen molar-refractivity contribution >= 4 is 0 Å². The predicted octanol–water partition coefficient (Wildman–Crippen LogP) is 3.61. The van der Waals surface area contributed by atoms with Gasteiger partial charge >= 0.3 is 0 Å². The average Bonchev–Trinajstić information content (AvgIpc) is 2.41. The van der Waals surface area contributed by atoms with Crippen LogP contribution in [0.5, 0.6) is 0 Å². The Bertz CT molecular complexity index is 548. The van der Waals surface area contributed by atoms with E-state index < -0.39 is 6.10 Å². The maximum Gasteiger partial charge on any atom is 0.169 e. The minimum absolute atomic E-state index is 0.329. The van der Waals surface area contributed by atoms with E-state index in [4.69, 9.17) is 10.00 Å². The molecule has 0 aromatic heterocycles. The highest BCUT2D eigenvalue weighted by atomic mass is 19.1. The summed E-state index contributed by atoms with van der Waals surface area (Å²) in [6, 6.07) is 17.5. The minimum Gasteiger partial charge on any atom is -0.354 e. The number of nitriles is 1. The van der Waals surface area contributed by atoms with E-state index in [0.717, 1.165) is 5.56 Å². The smallest absolute Gasteiger partial charge is 0.169 e. The van der Waals surface area contributed by atoms with Crippen LogP contribution in [-0.4, -0.2) is 0 Å². The lowest BCUT2D eigenvalue weighted by Gasteiger charge is -2.11. The van der Waals surface area contributed by atoms with Crippen molar-refractivity contribution in [2.45, 2.75) is 12.7 Å². The van der Waals surface area contributed by atoms with Crippen molar-refractivity contribution < 1.29 is 9.13 Å². The summed E-state index contributed by atoms with van der Waals surface area (Å²) in [6.07, 6.45) is -0.749. The average molecular weight is 241 g/mol. The van der Waals surface area contributed by atoms with Crippen LogP contribution in [0.1, 0.15) is 17.2 Å². The Hall–Kier alpha value is -2.18. The van der Waals surface area contributed by atoms with E-state index in [1.54, 1.807) is 12.1 Å². The Balaban J connectivity index is 2.05. The molecule has 0 heterocycles. The lowest BCUT2D eigenvalue weighted by atomic mass is 10.1. The summed E-state index contributed by atoms with van der Waals surface area (Å²) < 4.78 is 18.6. The van der Waals surface area contributed by atoms with Crippen molar-refractivity contribution in [2.75, 3.05) is 0 Å². The molecule has 0 bridgehead atoms. The van der Waals surface area contributed by atoms with Crippen LogP contribution in [0.2, 0.25) is 0 Å². The number of nitrogens with zero attached hydrogens (tertiary/aromatic N) is 1. The molecule has 3 heteroatoms. The predicted molar refractivity (Wildman–Crippen MR) is 66.0 cm³/mol. The van der Waals surface area contributed by atoms with Gasteiger partial charge in [-0.05, 0) is 23.3 Å². The Labute approximate surface area is 105 Å². The molecule has 0 N–H and O–H groups in total. The third kappa shape index (κ3) is 3.16. The summed E-state index contributed by atoms with van der Waals surface area (Å²) in [7, 11) is 0. The largest absolute Gasteiger partial charge is 0.354 e. The molecular weight excluding hydrogens is 229 g/mol. The first-order valence-electron chi connectivity index (χ1n) is 5.60. The Morgan fingerprint density at radius 1 is 1.11 bits per heavy atom. The highest BCUT2D eigenvalue weighted by Gasteiger charge is 2.11. The Kier molecular flexibility index (Phi) is 4.06. The molecule has 2 rings (SSSR count). The molecule has 0 radical (unpaired) electrons. The molecule has 1 atom stereocenters. The summed E-state index contributed by atoms with van der Waals surface area (Å²) in [5.74, 6) is -0.365. The zero-order valence-corrected chi connectivity index (χ0v) is 9.71. The second-order valence-corrected chi connectivity index (χ2v) is 3.86. The molecule has 0 saturated carbocycles. The molecule has 0 amide bonds. The van der Waals surface area contributed by atoms with Crippen LogP contribution in [0.3, 0.4) is 0 Å². The van der Waals surface area contributed by atoms with Crippen LogP contribution >= 0.6 is 0 Å². The molecule has 0 aliphatic carbocycles. The van der Waals surface area contributed by atoms with Gasteiger partial charge in [0.2, 0.25) is 0 Å². The van der Waals surface area contributed by atoms with Gasteiger partial charge in [-0.2, -0.15) is 5.26 Å². The van der Waals surface area contributed by atoms with Gasteiger partial charge in [-0.3, -0.25) is 0 Å². The summed E-state index contributed by atoms with van der Waals surface area (Å²) in [5, 5.41) is 9.05. The number of hydrogen-bond donors (Lipinski definition) is 0. The highest BCUT2D eigenvalue weighted by Crippen LogP contribution is 2.19. The molecule has 2 aromatic rings. The van der Waals surface area contributed by atoms with Crippen LogP contribution in [0, 0.1) is 17.1 Å². The maximum absolute atomic E-state index is 13.1. The number of rotatable bonds is 4. The monoisotopic (exact) mass is 241 g/mol. The molecule has 2 nitrogen and oxygen atoms in total. The first-order valence-corrected chi connectivity index (χ1v) is 5.60. The van der Waals surface area contributed by atoms with E-state index in [1.165, 1.54) is 12.1 Å². The van der Waals surface area contributed by atoms with Gasteiger partial charge in [0.15, 0.2) is 6.10 Å². The zero-order chi connectivity index (χ0) is 12.8. The van der Waals surface area contributed by atoms with Crippen LogP contribution < -0.4 is 0 Å². The van der Waals surface area contributed by atoms with Crippen molar-refractivity contribution in [1.29, 1.82) is 5.26 Å². The molecule has 0 fully saturated rings. The fourth-order valence-corrected chi connectivity index (χ4v) is 1.63. The maximum atomic E-state index is 13.1. The third-order valence-electron chi connectivity index (χ3n) is 2.53. The first kappa shape index (κ1) is 12.3. The summed E-state index contributed by atoms with van der Waals surface area (Å²) in [4.78, 5) is 0. The van der Waals surface area contributed by atoms with Gasteiger partial charge in [-0.1, -0.05) is 42.5 Å². The SMILES string of the molecule is N#CC(OCc1ccccc1)c1cccc(F)c1. The minimum atomic E-state index is -0.749. The van der Waals surface area contributed by atoms with E-state index in [-0.39, 0.29) is 5.82 Å². The number of ether oxygens (including phenoxy) is 1. The van der Waals surface area contributed by atoms with Gasteiger partial charge in [-0.15, -0.1) is 0 Å². The van der Waals surface area contributed by atoms with Gasteiger partial charge in [-0.25, -0.2) is 4.39 Å². The second kappa shape index (κ2) is 5.95. The molecule has 0 aliphatic rings. The summed E-state index contributed by atoms with van der Waals surface area (Å²) >= 11 is 0. The van der Waals surface area contributed by atoms with Crippen molar-refractivity contribution in [3.63, 3.8) is 0 Å². The number of benzene rings is 2. The molecule has 0 saturated heterocycles. The van der Waals surface area contributed by atoms with Gasteiger partial charge in [0.1, 0.15) is 5.82 Å². The van der Waals surface area contributed by atoms with Gasteiger partial charge in [0, 0.05) is 0 Å². The highest BCUT2D eigenvalue weighted by molar-refractivity contribution is 5.23. The molecule has 2 aromatic carbocycles. The zero-order valence-electron chi connectivity index (χ0n) is 9.71. The van der Waals surface area contributed by atoms with Crippen LogP contribution in [0.25, 0.3) is 0 Å². The van der Waals surface area contributed by atoms with Crippen LogP contribution in [0.15, 0.2) is 54.6 Å². The van der Waals surface area contributed by atoms with Crippen molar-refractivity contribution in [3.8, 4) is 6.07 Å². The van der Waals surface area contributed by atoms with Crippen LogP contribution in [0.4, 0.5) is 4.39 Å². The van der Waals surface area contributed by atoms with E-state index >= 15 is 0 Å². The van der Waals surface area contributed by atoms with E-state index in [0.29, 0.717) is 12.2 Å². The van der Waals surface area contributed by atoms with Crippen LogP contribution in [-0.2, 0) is 11.3 Å².